The van der Waals surface area contributed by atoms with Crippen molar-refractivity contribution in [2.24, 2.45) is 0 Å². The van der Waals surface area contributed by atoms with Crippen LogP contribution in [-0.2, 0) is 76.3 Å². The molecule has 2 aromatic rings. The minimum absolute atomic E-state index is 0.166. The Morgan fingerprint density at radius 3 is 1.62 bits per heavy atom. The SMILES string of the molecule is CC(=O)OC[C@H]1O[C@@H](OC[C@H](NC(=O)OCC2c3ccccc3-c3ccccc32)C(=O)NCC(=O)NCC(=O)NCC(=O)NCC(=O)O)[C@H](OC(C)=O)[C@@H](OC(C)=O)[C@@H]1OC(C)=O. The molecule has 6 N–H and O–H groups in total. The summed E-state index contributed by atoms with van der Waals surface area (Å²) in [6, 6.07) is 13.4. The van der Waals surface area contributed by atoms with Gasteiger partial charge >= 0.3 is 35.9 Å². The van der Waals surface area contributed by atoms with Crippen molar-refractivity contribution in [2.75, 3.05) is 46.0 Å². The van der Waals surface area contributed by atoms with Gasteiger partial charge in [0.15, 0.2) is 24.6 Å². The monoisotopic (exact) mass is 885 g/mol. The van der Waals surface area contributed by atoms with E-state index < -0.39 is 136 Å². The van der Waals surface area contributed by atoms with E-state index in [1.165, 1.54) is 0 Å². The molecule has 340 valence electrons. The summed E-state index contributed by atoms with van der Waals surface area (Å²) in [6.45, 7) is -0.0494. The van der Waals surface area contributed by atoms with E-state index in [0.29, 0.717) is 0 Å². The molecule has 0 aromatic heterocycles. The molecule has 1 saturated heterocycles. The van der Waals surface area contributed by atoms with Crippen molar-refractivity contribution < 1.29 is 86.2 Å². The van der Waals surface area contributed by atoms with Gasteiger partial charge in [0.1, 0.15) is 31.9 Å². The number of rotatable bonds is 20. The van der Waals surface area contributed by atoms with Crippen LogP contribution in [0.4, 0.5) is 4.79 Å². The normalized spacial score (nSPS) is 19.0. The number of aliphatic carboxylic acids is 1. The van der Waals surface area contributed by atoms with Crippen LogP contribution in [0.25, 0.3) is 11.1 Å². The molecule has 1 aliphatic heterocycles. The van der Waals surface area contributed by atoms with Crippen molar-refractivity contribution in [1.29, 1.82) is 0 Å². The van der Waals surface area contributed by atoms with E-state index in [1.807, 2.05) is 53.8 Å². The average molecular weight is 886 g/mol. The Morgan fingerprint density at radius 1 is 0.603 bits per heavy atom. The predicted octanol–water partition coefficient (Wildman–Crippen LogP) is -1.46. The van der Waals surface area contributed by atoms with Gasteiger partial charge in [-0.15, -0.1) is 0 Å². The third kappa shape index (κ3) is 14.8. The number of alkyl carbamates (subject to hydrolysis) is 1. The molecular formula is C40H47N5O18. The zero-order valence-electron chi connectivity index (χ0n) is 34.5. The van der Waals surface area contributed by atoms with Gasteiger partial charge in [-0.05, 0) is 22.3 Å². The van der Waals surface area contributed by atoms with Crippen LogP contribution in [0.15, 0.2) is 48.5 Å². The highest BCUT2D eigenvalue weighted by atomic mass is 16.7. The average Bonchev–Trinajstić information content (AvgIpc) is 3.55. The molecule has 2 aliphatic rings. The standard InChI is InChI=1S/C40H47N5O18/c1-20(46)57-19-30-35(60-21(2)47)36(61-22(3)48)37(62-23(4)49)39(63-30)58-18-29(38(55)44-15-33(52)42-13-31(50)41-14-32(51)43-16-34(53)54)45-40(56)59-17-28-26-11-7-5-9-24(26)25-10-6-8-12-27(25)28/h5-12,28-30,35-37,39H,13-19H2,1-4H3,(H,41,50)(H,42,52)(H,43,51)(H,44,55)(H,45,56)(H,53,54)/t29-,30+,35+,36-,37+,39+/m0/s1. The van der Waals surface area contributed by atoms with Crippen molar-refractivity contribution in [3.8, 4) is 11.1 Å². The van der Waals surface area contributed by atoms with Crippen molar-refractivity contribution in [3.63, 3.8) is 0 Å². The van der Waals surface area contributed by atoms with Crippen molar-refractivity contribution in [1.82, 2.24) is 26.6 Å². The van der Waals surface area contributed by atoms with Crippen LogP contribution in [0, 0.1) is 0 Å². The summed E-state index contributed by atoms with van der Waals surface area (Å²) in [6.07, 6.45) is -9.06. The van der Waals surface area contributed by atoms with E-state index >= 15 is 0 Å². The van der Waals surface area contributed by atoms with Crippen molar-refractivity contribution in [2.45, 2.75) is 70.4 Å². The molecule has 0 unspecified atom stereocenters. The number of carbonyl (C=O) groups excluding carboxylic acids is 9. The first-order valence-corrected chi connectivity index (χ1v) is 19.3. The summed E-state index contributed by atoms with van der Waals surface area (Å²) in [4.78, 5) is 122. The highest BCUT2D eigenvalue weighted by molar-refractivity contribution is 5.92. The number of hydrogen-bond acceptors (Lipinski definition) is 17. The summed E-state index contributed by atoms with van der Waals surface area (Å²) in [7, 11) is 0. The summed E-state index contributed by atoms with van der Waals surface area (Å²) < 4.78 is 38.7. The number of carboxylic acids is 1. The molecule has 5 amide bonds. The van der Waals surface area contributed by atoms with Crippen molar-refractivity contribution >= 4 is 59.6 Å². The fourth-order valence-electron chi connectivity index (χ4n) is 6.49. The molecule has 6 atom stereocenters. The molecule has 23 heteroatoms. The summed E-state index contributed by atoms with van der Waals surface area (Å²) in [5.41, 5.74) is 3.70. The maximum absolute atomic E-state index is 13.6. The van der Waals surface area contributed by atoms with E-state index in [9.17, 15) is 47.9 Å². The fourth-order valence-corrected chi connectivity index (χ4v) is 6.49. The Kier molecular flexibility index (Phi) is 17.9. The highest BCUT2D eigenvalue weighted by Crippen LogP contribution is 2.44. The van der Waals surface area contributed by atoms with Gasteiger partial charge in [0.05, 0.1) is 26.2 Å². The molecule has 1 aliphatic carbocycles. The second-order valence-corrected chi connectivity index (χ2v) is 13.9. The number of hydrogen-bond donors (Lipinski definition) is 6. The van der Waals surface area contributed by atoms with Gasteiger partial charge < -0.3 is 64.8 Å². The van der Waals surface area contributed by atoms with Gasteiger partial charge in [-0.3, -0.25) is 43.2 Å². The second kappa shape index (κ2) is 23.2. The molecule has 1 heterocycles. The van der Waals surface area contributed by atoms with E-state index in [1.54, 1.807) is 0 Å². The molecule has 23 nitrogen and oxygen atoms in total. The smallest absolute Gasteiger partial charge is 0.407 e. The molecule has 0 saturated carbocycles. The molecule has 4 rings (SSSR count). The van der Waals surface area contributed by atoms with Crippen LogP contribution in [0.1, 0.15) is 44.7 Å². The van der Waals surface area contributed by atoms with Crippen LogP contribution in [-0.4, -0.2) is 147 Å². The lowest BCUT2D eigenvalue weighted by atomic mass is 9.98. The molecule has 1 fully saturated rings. The summed E-state index contributed by atoms with van der Waals surface area (Å²) in [5, 5.41) is 19.7. The Bertz CT molecular complexity index is 2020. The van der Waals surface area contributed by atoms with Gasteiger partial charge in [0.2, 0.25) is 23.6 Å². The van der Waals surface area contributed by atoms with E-state index in [-0.39, 0.29) is 12.5 Å². The summed E-state index contributed by atoms with van der Waals surface area (Å²) >= 11 is 0. The number of carbonyl (C=O) groups is 10. The fraction of sp³-hybridized carbons (Fsp3) is 0.450. The number of benzene rings is 2. The Balaban J connectivity index is 1.51. The Morgan fingerprint density at radius 2 is 1.10 bits per heavy atom. The van der Waals surface area contributed by atoms with Crippen LogP contribution >= 0.6 is 0 Å². The molecular weight excluding hydrogens is 838 g/mol. The van der Waals surface area contributed by atoms with Gasteiger partial charge in [-0.1, -0.05) is 48.5 Å². The first kappa shape index (κ1) is 48.5. The van der Waals surface area contributed by atoms with E-state index in [2.05, 4.69) is 21.3 Å². The topological polar surface area (TPSA) is 316 Å². The maximum atomic E-state index is 13.6. The van der Waals surface area contributed by atoms with Gasteiger partial charge in [-0.25, -0.2) is 4.79 Å². The first-order valence-electron chi connectivity index (χ1n) is 19.3. The minimum Gasteiger partial charge on any atom is -0.480 e. The number of esters is 4. The first-order chi connectivity index (χ1) is 29.9. The lowest BCUT2D eigenvalue weighted by Crippen LogP contribution is -2.63. The number of amides is 5. The molecule has 2 aromatic carbocycles. The van der Waals surface area contributed by atoms with Crippen molar-refractivity contribution in [3.05, 3.63) is 59.7 Å². The van der Waals surface area contributed by atoms with Crippen LogP contribution < -0.4 is 26.6 Å². The maximum Gasteiger partial charge on any atom is 0.407 e. The molecule has 0 bridgehead atoms. The quantitative estimate of drug-likeness (QED) is 0.0654. The number of carboxylic acid groups (broad SMARTS) is 1. The molecule has 63 heavy (non-hydrogen) atoms. The van der Waals surface area contributed by atoms with Gasteiger partial charge in [0.25, 0.3) is 0 Å². The van der Waals surface area contributed by atoms with Gasteiger partial charge in [-0.2, -0.15) is 0 Å². The Hall–Kier alpha value is -7.14. The number of ether oxygens (including phenoxy) is 7. The summed E-state index contributed by atoms with van der Waals surface area (Å²) in [5.74, 6) is -8.71. The van der Waals surface area contributed by atoms with Gasteiger partial charge in [0, 0.05) is 33.6 Å². The van der Waals surface area contributed by atoms with E-state index in [4.69, 9.17) is 38.3 Å². The second-order valence-electron chi connectivity index (χ2n) is 13.9. The highest BCUT2D eigenvalue weighted by Gasteiger charge is 2.53. The predicted molar refractivity (Wildman–Crippen MR) is 210 cm³/mol. The zero-order valence-corrected chi connectivity index (χ0v) is 34.5. The number of nitrogens with one attached hydrogen (secondary N) is 5. The van der Waals surface area contributed by atoms with Crippen LogP contribution in [0.5, 0.6) is 0 Å². The molecule has 0 radical (unpaired) electrons. The lowest BCUT2D eigenvalue weighted by molar-refractivity contribution is -0.308. The Labute approximate surface area is 359 Å². The van der Waals surface area contributed by atoms with E-state index in [0.717, 1.165) is 49.9 Å². The minimum atomic E-state index is -1.75. The van der Waals surface area contributed by atoms with Crippen LogP contribution in [0.2, 0.25) is 0 Å². The lowest BCUT2D eigenvalue weighted by Gasteiger charge is -2.44. The molecule has 0 spiro atoms. The third-order valence-electron chi connectivity index (χ3n) is 9.08. The zero-order chi connectivity index (χ0) is 46.2. The number of fused-ring (bicyclic) bond motifs is 3. The largest absolute Gasteiger partial charge is 0.480 e. The van der Waals surface area contributed by atoms with Crippen LogP contribution in [0.3, 0.4) is 0 Å². The third-order valence-corrected chi connectivity index (χ3v) is 9.08.